The van der Waals surface area contributed by atoms with Crippen LogP contribution in [0.4, 0.5) is 18.9 Å². The predicted molar refractivity (Wildman–Crippen MR) is 115 cm³/mol. The summed E-state index contributed by atoms with van der Waals surface area (Å²) in [5.74, 6) is -0.938. The van der Waals surface area contributed by atoms with E-state index in [0.717, 1.165) is 23.5 Å². The van der Waals surface area contributed by atoms with Crippen LogP contribution in [0.5, 0.6) is 0 Å². The first-order valence-electron chi connectivity index (χ1n) is 9.16. The van der Waals surface area contributed by atoms with Crippen LogP contribution in [0.1, 0.15) is 43.7 Å². The van der Waals surface area contributed by atoms with Crippen molar-refractivity contribution in [2.45, 2.75) is 19.1 Å². The molecule has 164 valence electrons. The Labute approximate surface area is 187 Å². The van der Waals surface area contributed by atoms with Gasteiger partial charge in [0, 0.05) is 16.8 Å². The predicted octanol–water partition coefficient (Wildman–Crippen LogP) is 4.91. The molecule has 1 atom stereocenters. The molecule has 4 aromatic rings. The quantitative estimate of drug-likeness (QED) is 0.426. The molecule has 0 radical (unpaired) electrons. The average molecular weight is 477 g/mol. The normalized spacial score (nSPS) is 12.5. The summed E-state index contributed by atoms with van der Waals surface area (Å²) in [7, 11) is 0. The zero-order valence-corrected chi connectivity index (χ0v) is 17.9. The lowest BCUT2D eigenvalue weighted by Gasteiger charge is -2.11. The fourth-order valence-electron chi connectivity index (χ4n) is 2.81. The molecule has 3 heterocycles. The second-order valence-electron chi connectivity index (χ2n) is 6.65. The van der Waals surface area contributed by atoms with Crippen molar-refractivity contribution in [3.8, 4) is 0 Å². The van der Waals surface area contributed by atoms with E-state index in [-0.39, 0.29) is 22.3 Å². The number of amides is 2. The van der Waals surface area contributed by atoms with Gasteiger partial charge in [0.2, 0.25) is 0 Å². The van der Waals surface area contributed by atoms with Crippen molar-refractivity contribution < 1.29 is 22.8 Å². The molecule has 0 fully saturated rings. The number of carbonyl (C=O) groups is 2. The van der Waals surface area contributed by atoms with Crippen LogP contribution in [0.15, 0.2) is 48.2 Å². The van der Waals surface area contributed by atoms with Gasteiger partial charge in [0.25, 0.3) is 11.8 Å². The van der Waals surface area contributed by atoms with Crippen LogP contribution in [-0.2, 0) is 6.18 Å². The molecule has 3 aromatic heterocycles. The first-order chi connectivity index (χ1) is 15.2. The number of halogens is 3. The summed E-state index contributed by atoms with van der Waals surface area (Å²) in [6, 6.07) is 5.47. The number of nitrogens with zero attached hydrogens (tertiary/aromatic N) is 3. The second kappa shape index (κ2) is 8.63. The molecule has 1 unspecified atom stereocenters. The van der Waals surface area contributed by atoms with Crippen molar-refractivity contribution in [3.05, 3.63) is 69.4 Å². The van der Waals surface area contributed by atoms with E-state index >= 15 is 0 Å². The maximum Gasteiger partial charge on any atom is 0.416 e. The van der Waals surface area contributed by atoms with Crippen molar-refractivity contribution in [1.82, 2.24) is 20.3 Å². The van der Waals surface area contributed by atoms with E-state index in [1.54, 1.807) is 13.0 Å². The summed E-state index contributed by atoms with van der Waals surface area (Å²) < 4.78 is 38.6. The zero-order valence-electron chi connectivity index (χ0n) is 16.3. The van der Waals surface area contributed by atoms with Crippen LogP contribution in [0, 0.1) is 0 Å². The van der Waals surface area contributed by atoms with Crippen molar-refractivity contribution in [3.63, 3.8) is 0 Å². The first kappa shape index (κ1) is 21.8. The Balaban J connectivity index is 1.42. The maximum absolute atomic E-state index is 12.7. The van der Waals surface area contributed by atoms with Gasteiger partial charge in [-0.3, -0.25) is 9.59 Å². The van der Waals surface area contributed by atoms with Crippen LogP contribution < -0.4 is 10.6 Å². The average Bonchev–Trinajstić information content (AvgIpc) is 3.43. The zero-order chi connectivity index (χ0) is 22.9. The van der Waals surface area contributed by atoms with Gasteiger partial charge in [-0.1, -0.05) is 0 Å². The largest absolute Gasteiger partial charge is 0.416 e. The van der Waals surface area contributed by atoms with Crippen molar-refractivity contribution in [1.29, 1.82) is 0 Å². The van der Waals surface area contributed by atoms with Gasteiger partial charge in [-0.2, -0.15) is 13.2 Å². The molecule has 4 rings (SSSR count). The number of anilines is 1. The highest BCUT2D eigenvalue weighted by Gasteiger charge is 2.30. The van der Waals surface area contributed by atoms with Gasteiger partial charge in [0.1, 0.15) is 12.0 Å². The third-order valence-corrected chi connectivity index (χ3v) is 6.51. The van der Waals surface area contributed by atoms with Gasteiger partial charge in [-0.15, -0.1) is 22.7 Å². The Kier molecular flexibility index (Phi) is 5.89. The van der Waals surface area contributed by atoms with Crippen LogP contribution in [0.3, 0.4) is 0 Å². The summed E-state index contributed by atoms with van der Waals surface area (Å²) in [5.41, 5.74) is 0.356. The lowest BCUT2D eigenvalue weighted by Crippen LogP contribution is -2.27. The topological polar surface area (TPSA) is 96.9 Å². The van der Waals surface area contributed by atoms with E-state index in [1.807, 2.05) is 5.38 Å². The lowest BCUT2D eigenvalue weighted by atomic mass is 10.2. The molecule has 0 saturated carbocycles. The highest BCUT2D eigenvalue weighted by molar-refractivity contribution is 7.17. The molecule has 0 spiro atoms. The van der Waals surface area contributed by atoms with E-state index in [0.29, 0.717) is 15.1 Å². The standard InChI is InChI=1S/C20H14F3N5O2S2/c1-10(27-17(29)15-16-13(6-7-31-16)25-9-26-15)14-8-24-19(32-14)18(30)28-12-4-2-11(3-5-12)20(21,22)23/h2-10H,1H3,(H,27,29)(H,28,30). The summed E-state index contributed by atoms with van der Waals surface area (Å²) in [5, 5.41) is 7.28. The summed E-state index contributed by atoms with van der Waals surface area (Å²) in [6.45, 7) is 1.75. The second-order valence-corrected chi connectivity index (χ2v) is 8.63. The summed E-state index contributed by atoms with van der Waals surface area (Å²) >= 11 is 2.44. The molecule has 7 nitrogen and oxygen atoms in total. The molecular weight excluding hydrogens is 463 g/mol. The fourth-order valence-corrected chi connectivity index (χ4v) is 4.45. The highest BCUT2D eigenvalue weighted by Crippen LogP contribution is 2.30. The summed E-state index contributed by atoms with van der Waals surface area (Å²) in [6.07, 6.45) is -1.66. The number of nitrogens with one attached hydrogen (secondary N) is 2. The number of benzene rings is 1. The molecule has 0 saturated heterocycles. The van der Waals surface area contributed by atoms with Crippen molar-refractivity contribution in [2.75, 3.05) is 5.32 Å². The molecule has 0 aliphatic rings. The minimum absolute atomic E-state index is 0.115. The van der Waals surface area contributed by atoms with Crippen molar-refractivity contribution >= 4 is 50.4 Å². The van der Waals surface area contributed by atoms with Gasteiger partial charge >= 0.3 is 6.18 Å². The number of hydrogen-bond donors (Lipinski definition) is 2. The lowest BCUT2D eigenvalue weighted by molar-refractivity contribution is -0.137. The Morgan fingerprint density at radius 2 is 1.78 bits per heavy atom. The van der Waals surface area contributed by atoms with Crippen molar-refractivity contribution in [2.24, 2.45) is 0 Å². The molecule has 0 aliphatic carbocycles. The minimum atomic E-state index is -4.45. The van der Waals surface area contributed by atoms with Gasteiger partial charge in [0.15, 0.2) is 5.01 Å². The number of hydrogen-bond acceptors (Lipinski definition) is 7. The molecule has 12 heteroatoms. The molecule has 32 heavy (non-hydrogen) atoms. The van der Waals surface area contributed by atoms with Gasteiger partial charge < -0.3 is 10.6 Å². The first-order valence-corrected chi connectivity index (χ1v) is 10.9. The molecule has 0 aliphatic heterocycles. The van der Waals surface area contributed by atoms with Crippen LogP contribution >= 0.6 is 22.7 Å². The number of thiophene rings is 1. The Hall–Kier alpha value is -3.38. The van der Waals surface area contributed by atoms with E-state index in [1.165, 1.54) is 36.0 Å². The number of carbonyl (C=O) groups excluding carboxylic acids is 2. The number of thiazole rings is 1. The molecule has 2 amide bonds. The van der Waals surface area contributed by atoms with E-state index in [2.05, 4.69) is 25.6 Å². The number of aromatic nitrogens is 3. The Morgan fingerprint density at radius 3 is 2.50 bits per heavy atom. The van der Waals surface area contributed by atoms with Crippen LogP contribution in [0.2, 0.25) is 0 Å². The molecule has 1 aromatic carbocycles. The van der Waals surface area contributed by atoms with Gasteiger partial charge in [-0.25, -0.2) is 15.0 Å². The van der Waals surface area contributed by atoms with Crippen LogP contribution in [-0.4, -0.2) is 26.8 Å². The maximum atomic E-state index is 12.7. The van der Waals surface area contributed by atoms with Crippen LogP contribution in [0.25, 0.3) is 10.2 Å². The Bertz CT molecular complexity index is 1280. The SMILES string of the molecule is CC(NC(=O)c1ncnc2ccsc12)c1cnc(C(=O)Nc2ccc(C(F)(F)F)cc2)s1. The summed E-state index contributed by atoms with van der Waals surface area (Å²) in [4.78, 5) is 37.9. The monoisotopic (exact) mass is 477 g/mol. The third kappa shape index (κ3) is 4.60. The minimum Gasteiger partial charge on any atom is -0.343 e. The van der Waals surface area contributed by atoms with E-state index < -0.39 is 23.7 Å². The highest BCUT2D eigenvalue weighted by atomic mass is 32.1. The molecular formula is C20H14F3N5O2S2. The molecule has 2 N–H and O–H groups in total. The number of rotatable bonds is 5. The Morgan fingerprint density at radius 1 is 1.03 bits per heavy atom. The van der Waals surface area contributed by atoms with Gasteiger partial charge in [0.05, 0.1) is 21.8 Å². The smallest absolute Gasteiger partial charge is 0.343 e. The number of fused-ring (bicyclic) bond motifs is 1. The fraction of sp³-hybridized carbons (Fsp3) is 0.150. The molecule has 0 bridgehead atoms. The van der Waals surface area contributed by atoms with E-state index in [9.17, 15) is 22.8 Å². The number of alkyl halides is 3. The van der Waals surface area contributed by atoms with Gasteiger partial charge in [-0.05, 0) is 42.6 Å². The van der Waals surface area contributed by atoms with E-state index in [4.69, 9.17) is 0 Å². The third-order valence-electron chi connectivity index (χ3n) is 4.42.